The third kappa shape index (κ3) is 1.89. The molecule has 0 spiro atoms. The summed E-state index contributed by atoms with van der Waals surface area (Å²) < 4.78 is 2.48. The van der Waals surface area contributed by atoms with Crippen molar-refractivity contribution in [3.05, 3.63) is 42.0 Å². The van der Waals surface area contributed by atoms with Crippen molar-refractivity contribution in [3.63, 3.8) is 0 Å². The number of thiol groups is 1. The number of hydrogen-bond acceptors (Lipinski definition) is 1. The lowest BCUT2D eigenvalue weighted by Gasteiger charge is -2.17. The Morgan fingerprint density at radius 1 is 1.10 bits per heavy atom. The largest absolute Gasteiger partial charge is 0.210 e. The van der Waals surface area contributed by atoms with E-state index >= 15 is 0 Å². The predicted octanol–water partition coefficient (Wildman–Crippen LogP) is 4.56. The average Bonchev–Trinajstić information content (AvgIpc) is 2.65. The van der Waals surface area contributed by atoms with Gasteiger partial charge in [0.2, 0.25) is 5.69 Å². The van der Waals surface area contributed by atoms with Crippen molar-refractivity contribution in [2.75, 3.05) is 12.3 Å². The van der Waals surface area contributed by atoms with Gasteiger partial charge < -0.3 is 0 Å². The van der Waals surface area contributed by atoms with E-state index in [1.54, 1.807) is 0 Å². The zero-order valence-electron chi connectivity index (χ0n) is 12.5. The SMILES string of the molecule is CC1=[N+](CCCS)c2ccc3ccccc3c2C1(C)C. The Morgan fingerprint density at radius 3 is 2.60 bits per heavy atom. The van der Waals surface area contributed by atoms with Crippen molar-refractivity contribution < 1.29 is 4.58 Å². The summed E-state index contributed by atoms with van der Waals surface area (Å²) in [6.45, 7) is 8.01. The minimum absolute atomic E-state index is 0.104. The van der Waals surface area contributed by atoms with E-state index in [-0.39, 0.29) is 5.41 Å². The van der Waals surface area contributed by atoms with Gasteiger partial charge in [-0.15, -0.1) is 0 Å². The highest BCUT2D eigenvalue weighted by atomic mass is 32.1. The first-order chi connectivity index (χ1) is 9.57. The van der Waals surface area contributed by atoms with Crippen LogP contribution < -0.4 is 0 Å². The molecule has 0 aliphatic carbocycles. The van der Waals surface area contributed by atoms with Gasteiger partial charge in [-0.1, -0.05) is 24.3 Å². The maximum absolute atomic E-state index is 4.36. The first-order valence-electron chi connectivity index (χ1n) is 7.32. The Hall–Kier alpha value is -1.28. The second kappa shape index (κ2) is 4.92. The molecular formula is C18H22NS+. The fraction of sp³-hybridized carbons (Fsp3) is 0.389. The molecule has 2 aromatic rings. The van der Waals surface area contributed by atoms with E-state index in [0.717, 1.165) is 18.7 Å². The summed E-state index contributed by atoms with van der Waals surface area (Å²) in [7, 11) is 0. The van der Waals surface area contributed by atoms with Crippen LogP contribution in [0, 0.1) is 0 Å². The molecule has 0 aromatic heterocycles. The number of nitrogens with zero attached hydrogens (tertiary/aromatic N) is 1. The summed E-state index contributed by atoms with van der Waals surface area (Å²) >= 11 is 4.36. The Bertz CT molecular complexity index is 698. The number of fused-ring (bicyclic) bond motifs is 3. The normalized spacial score (nSPS) is 16.8. The highest BCUT2D eigenvalue weighted by Gasteiger charge is 2.43. The molecule has 0 amide bonds. The van der Waals surface area contributed by atoms with Gasteiger partial charge >= 0.3 is 0 Å². The maximum atomic E-state index is 4.36. The van der Waals surface area contributed by atoms with E-state index in [1.807, 2.05) is 0 Å². The Kier molecular flexibility index (Phi) is 3.37. The van der Waals surface area contributed by atoms with Crippen molar-refractivity contribution in [2.24, 2.45) is 0 Å². The smallest absolute Gasteiger partial charge is 0.199 e. The van der Waals surface area contributed by atoms with Crippen molar-refractivity contribution in [2.45, 2.75) is 32.6 Å². The molecule has 2 aromatic carbocycles. The molecule has 0 unspecified atom stereocenters. The van der Waals surface area contributed by atoms with Crippen LogP contribution in [0.4, 0.5) is 5.69 Å². The fourth-order valence-corrected chi connectivity index (χ4v) is 3.50. The van der Waals surface area contributed by atoms with Crippen LogP contribution in [0.3, 0.4) is 0 Å². The first kappa shape index (κ1) is 13.7. The average molecular weight is 284 g/mol. The van der Waals surface area contributed by atoms with E-state index in [1.165, 1.54) is 27.7 Å². The third-order valence-corrected chi connectivity index (χ3v) is 4.99. The second-order valence-corrected chi connectivity index (χ2v) is 6.57. The van der Waals surface area contributed by atoms with Crippen LogP contribution in [0.25, 0.3) is 10.8 Å². The summed E-state index contributed by atoms with van der Waals surface area (Å²) in [4.78, 5) is 0. The maximum Gasteiger partial charge on any atom is 0.210 e. The molecule has 1 nitrogen and oxygen atoms in total. The Labute approximate surface area is 126 Å². The molecule has 0 saturated heterocycles. The fourth-order valence-electron chi connectivity index (χ4n) is 3.36. The molecule has 20 heavy (non-hydrogen) atoms. The summed E-state index contributed by atoms with van der Waals surface area (Å²) in [6, 6.07) is 13.3. The van der Waals surface area contributed by atoms with Crippen molar-refractivity contribution >= 4 is 34.8 Å². The van der Waals surface area contributed by atoms with Gasteiger partial charge in [-0.25, -0.2) is 0 Å². The predicted molar refractivity (Wildman–Crippen MR) is 90.9 cm³/mol. The standard InChI is InChI=1S/C18H21NS/c1-13-18(2,3)17-15-8-5-4-7-14(15)9-10-16(17)19(13)11-6-12-20/h4-5,7-10H,6,11-12H2,1-3H3/p+1. The van der Waals surface area contributed by atoms with Gasteiger partial charge in [-0.05, 0) is 36.4 Å². The van der Waals surface area contributed by atoms with E-state index in [2.05, 4.69) is 74.4 Å². The highest BCUT2D eigenvalue weighted by Crippen LogP contribution is 2.43. The van der Waals surface area contributed by atoms with Crippen LogP contribution in [0.5, 0.6) is 0 Å². The molecule has 0 radical (unpaired) electrons. The van der Waals surface area contributed by atoms with Crippen LogP contribution in [-0.2, 0) is 5.41 Å². The van der Waals surface area contributed by atoms with Crippen LogP contribution in [0.2, 0.25) is 0 Å². The van der Waals surface area contributed by atoms with Gasteiger partial charge in [0, 0.05) is 25.0 Å². The van der Waals surface area contributed by atoms with Gasteiger partial charge in [0.1, 0.15) is 6.54 Å². The Morgan fingerprint density at radius 2 is 1.85 bits per heavy atom. The van der Waals surface area contributed by atoms with Gasteiger partial charge in [0.15, 0.2) is 5.71 Å². The molecule has 0 atom stereocenters. The van der Waals surface area contributed by atoms with Gasteiger partial charge in [0.25, 0.3) is 0 Å². The molecule has 0 fully saturated rings. The highest BCUT2D eigenvalue weighted by molar-refractivity contribution is 7.80. The topological polar surface area (TPSA) is 3.01 Å². The summed E-state index contributed by atoms with van der Waals surface area (Å²) in [5.74, 6) is 0.938. The van der Waals surface area contributed by atoms with Crippen LogP contribution in [-0.4, -0.2) is 22.6 Å². The second-order valence-electron chi connectivity index (χ2n) is 6.12. The van der Waals surface area contributed by atoms with E-state index in [4.69, 9.17) is 0 Å². The molecule has 0 bridgehead atoms. The van der Waals surface area contributed by atoms with Crippen molar-refractivity contribution in [3.8, 4) is 0 Å². The lowest BCUT2D eigenvalue weighted by Crippen LogP contribution is -2.27. The molecule has 1 aliphatic rings. The van der Waals surface area contributed by atoms with Crippen LogP contribution in [0.1, 0.15) is 32.8 Å². The number of hydrogen-bond donors (Lipinski definition) is 1. The molecule has 0 N–H and O–H groups in total. The molecule has 0 saturated carbocycles. The molecule has 2 heteroatoms. The summed E-state index contributed by atoms with van der Waals surface area (Å²) in [5.41, 5.74) is 4.41. The molecule has 1 aliphatic heterocycles. The molecule has 3 rings (SSSR count). The summed E-state index contributed by atoms with van der Waals surface area (Å²) in [6.07, 6.45) is 1.11. The molecular weight excluding hydrogens is 262 g/mol. The minimum atomic E-state index is 0.104. The van der Waals surface area contributed by atoms with Crippen molar-refractivity contribution in [1.82, 2.24) is 0 Å². The van der Waals surface area contributed by atoms with Gasteiger partial charge in [-0.2, -0.15) is 17.2 Å². The first-order valence-corrected chi connectivity index (χ1v) is 7.95. The van der Waals surface area contributed by atoms with Gasteiger partial charge in [0.05, 0.1) is 5.41 Å². The molecule has 104 valence electrons. The zero-order chi connectivity index (χ0) is 14.3. The van der Waals surface area contributed by atoms with E-state index in [0.29, 0.717) is 0 Å². The van der Waals surface area contributed by atoms with Crippen LogP contribution in [0.15, 0.2) is 36.4 Å². The molecule has 1 heterocycles. The van der Waals surface area contributed by atoms with E-state index < -0.39 is 0 Å². The number of rotatable bonds is 3. The monoisotopic (exact) mass is 284 g/mol. The van der Waals surface area contributed by atoms with Crippen molar-refractivity contribution in [1.29, 1.82) is 0 Å². The lowest BCUT2D eigenvalue weighted by atomic mass is 9.80. The van der Waals surface area contributed by atoms with Gasteiger partial charge in [-0.3, -0.25) is 0 Å². The minimum Gasteiger partial charge on any atom is -0.199 e. The number of benzene rings is 2. The van der Waals surface area contributed by atoms with E-state index in [9.17, 15) is 0 Å². The zero-order valence-corrected chi connectivity index (χ0v) is 13.4. The lowest BCUT2D eigenvalue weighted by molar-refractivity contribution is -0.438. The Balaban J connectivity index is 2.25. The third-order valence-electron chi connectivity index (χ3n) is 4.67. The quantitative estimate of drug-likeness (QED) is 0.622. The van der Waals surface area contributed by atoms with Crippen LogP contribution >= 0.6 is 12.6 Å². The summed E-state index contributed by atoms with van der Waals surface area (Å²) in [5, 5.41) is 2.73.